The first kappa shape index (κ1) is 8.29. The summed E-state index contributed by atoms with van der Waals surface area (Å²) in [6, 6.07) is 0. The monoisotopic (exact) mass is 160 g/mol. The third-order valence-corrected chi connectivity index (χ3v) is 1.57. The molecule has 0 aromatic rings. The second-order valence-corrected chi connectivity index (χ2v) is 2.45. The number of carbonyl (C=O) groups excluding carboxylic acids is 1. The van der Waals surface area contributed by atoms with Gasteiger partial charge in [-0.15, -0.1) is 0 Å². The number of primary amides is 1. The van der Waals surface area contributed by atoms with E-state index >= 15 is 0 Å². The largest absolute Gasteiger partial charge is 0.444 e. The topological polar surface area (TPSA) is 73.6 Å². The van der Waals surface area contributed by atoms with E-state index in [1.165, 1.54) is 0 Å². The molecule has 1 amide bonds. The van der Waals surface area contributed by atoms with E-state index in [0.717, 1.165) is 0 Å². The number of nitrogens with one attached hydrogen (secondary N) is 1. The lowest BCUT2D eigenvalue weighted by Gasteiger charge is -2.16. The van der Waals surface area contributed by atoms with Gasteiger partial charge in [0.25, 0.3) is 0 Å². The number of rotatable bonds is 2. The standard InChI is InChI=1S/C6H12N2O3/c1-4(11-6(7)9)5-2-8-3-10-5/h4-5,8H,2-3H2,1H3,(H2,7,9). The van der Waals surface area contributed by atoms with E-state index in [2.05, 4.69) is 5.32 Å². The van der Waals surface area contributed by atoms with Crippen molar-refractivity contribution in [3.8, 4) is 0 Å². The van der Waals surface area contributed by atoms with Gasteiger partial charge in [-0.3, -0.25) is 5.32 Å². The molecule has 0 aromatic heterocycles. The van der Waals surface area contributed by atoms with Crippen molar-refractivity contribution in [1.29, 1.82) is 0 Å². The highest BCUT2D eigenvalue weighted by Crippen LogP contribution is 2.06. The van der Waals surface area contributed by atoms with Crippen molar-refractivity contribution in [1.82, 2.24) is 5.32 Å². The molecule has 0 saturated carbocycles. The summed E-state index contributed by atoms with van der Waals surface area (Å²) in [6.07, 6.45) is -1.10. The molecular formula is C6H12N2O3. The van der Waals surface area contributed by atoms with E-state index in [1.807, 2.05) is 0 Å². The second-order valence-electron chi connectivity index (χ2n) is 2.45. The number of nitrogens with two attached hydrogens (primary N) is 1. The average molecular weight is 160 g/mol. The molecule has 3 N–H and O–H groups in total. The highest BCUT2D eigenvalue weighted by molar-refractivity contribution is 5.64. The zero-order valence-corrected chi connectivity index (χ0v) is 6.37. The van der Waals surface area contributed by atoms with Crippen LogP contribution < -0.4 is 11.1 Å². The first-order valence-electron chi connectivity index (χ1n) is 3.48. The zero-order valence-electron chi connectivity index (χ0n) is 6.37. The molecule has 1 aliphatic heterocycles. The molecule has 1 fully saturated rings. The molecule has 5 heteroatoms. The maximum absolute atomic E-state index is 10.3. The number of hydrogen-bond donors (Lipinski definition) is 2. The lowest BCUT2D eigenvalue weighted by atomic mass is 10.2. The first-order chi connectivity index (χ1) is 5.20. The normalized spacial score (nSPS) is 26.5. The SMILES string of the molecule is CC(OC(N)=O)C1CNCO1. The summed E-state index contributed by atoms with van der Waals surface area (Å²) in [4.78, 5) is 10.3. The summed E-state index contributed by atoms with van der Waals surface area (Å²) in [5.74, 6) is 0. The van der Waals surface area contributed by atoms with Gasteiger partial charge in [0.05, 0.1) is 6.73 Å². The van der Waals surface area contributed by atoms with Gasteiger partial charge in [0.2, 0.25) is 0 Å². The van der Waals surface area contributed by atoms with Gasteiger partial charge in [-0.25, -0.2) is 4.79 Å². The number of carbonyl (C=O) groups is 1. The van der Waals surface area contributed by atoms with Crippen molar-refractivity contribution in [3.63, 3.8) is 0 Å². The molecule has 1 saturated heterocycles. The number of hydrogen-bond acceptors (Lipinski definition) is 4. The Labute approximate surface area is 64.8 Å². The molecule has 0 radical (unpaired) electrons. The summed E-state index contributed by atoms with van der Waals surface area (Å²) in [5.41, 5.74) is 4.82. The van der Waals surface area contributed by atoms with E-state index in [0.29, 0.717) is 13.3 Å². The smallest absolute Gasteiger partial charge is 0.404 e. The molecule has 11 heavy (non-hydrogen) atoms. The zero-order chi connectivity index (χ0) is 8.27. The Kier molecular flexibility index (Phi) is 2.67. The van der Waals surface area contributed by atoms with Crippen LogP contribution in [0.5, 0.6) is 0 Å². The van der Waals surface area contributed by atoms with Crippen LogP contribution in [0.1, 0.15) is 6.92 Å². The Bertz CT molecular complexity index is 145. The minimum atomic E-state index is -0.756. The maximum atomic E-state index is 10.3. The Morgan fingerprint density at radius 1 is 1.91 bits per heavy atom. The van der Waals surface area contributed by atoms with Crippen molar-refractivity contribution < 1.29 is 14.3 Å². The molecular weight excluding hydrogens is 148 g/mol. The van der Waals surface area contributed by atoms with E-state index in [9.17, 15) is 4.79 Å². The van der Waals surface area contributed by atoms with E-state index < -0.39 is 6.09 Å². The highest BCUT2D eigenvalue weighted by Gasteiger charge is 2.24. The van der Waals surface area contributed by atoms with Gasteiger partial charge < -0.3 is 15.2 Å². The molecule has 0 spiro atoms. The molecule has 0 aromatic carbocycles. The van der Waals surface area contributed by atoms with Crippen LogP contribution >= 0.6 is 0 Å². The lowest BCUT2D eigenvalue weighted by molar-refractivity contribution is 0.00292. The fourth-order valence-corrected chi connectivity index (χ4v) is 0.987. The Hall–Kier alpha value is -0.810. The maximum Gasteiger partial charge on any atom is 0.404 e. The highest BCUT2D eigenvalue weighted by atomic mass is 16.6. The minimum Gasteiger partial charge on any atom is -0.444 e. The molecule has 0 aliphatic carbocycles. The minimum absolute atomic E-state index is 0.0671. The van der Waals surface area contributed by atoms with Crippen molar-refractivity contribution in [2.45, 2.75) is 19.1 Å². The molecule has 0 bridgehead atoms. The van der Waals surface area contributed by atoms with Crippen LogP contribution in [0.2, 0.25) is 0 Å². The third kappa shape index (κ3) is 2.36. The second kappa shape index (κ2) is 3.54. The molecule has 2 unspecified atom stereocenters. The van der Waals surface area contributed by atoms with Crippen molar-refractivity contribution in [3.05, 3.63) is 0 Å². The quantitative estimate of drug-likeness (QED) is 0.566. The van der Waals surface area contributed by atoms with Crippen molar-refractivity contribution in [2.24, 2.45) is 5.73 Å². The Morgan fingerprint density at radius 3 is 3.09 bits per heavy atom. The van der Waals surface area contributed by atoms with Gasteiger partial charge >= 0.3 is 6.09 Å². The average Bonchev–Trinajstić information content (AvgIpc) is 2.35. The molecule has 1 rings (SSSR count). The van der Waals surface area contributed by atoms with Gasteiger partial charge in [0.15, 0.2) is 0 Å². The fourth-order valence-electron chi connectivity index (χ4n) is 0.987. The van der Waals surface area contributed by atoms with Crippen LogP contribution in [0.25, 0.3) is 0 Å². The van der Waals surface area contributed by atoms with E-state index in [-0.39, 0.29) is 12.2 Å². The first-order valence-corrected chi connectivity index (χ1v) is 3.48. The number of amides is 1. The predicted molar refractivity (Wildman–Crippen MR) is 37.9 cm³/mol. The van der Waals surface area contributed by atoms with Crippen LogP contribution in [0.15, 0.2) is 0 Å². The van der Waals surface area contributed by atoms with Crippen LogP contribution in [0, 0.1) is 0 Å². The Morgan fingerprint density at radius 2 is 2.64 bits per heavy atom. The third-order valence-electron chi connectivity index (χ3n) is 1.57. The lowest BCUT2D eigenvalue weighted by Crippen LogP contribution is -2.33. The van der Waals surface area contributed by atoms with Crippen molar-refractivity contribution >= 4 is 6.09 Å². The Balaban J connectivity index is 2.28. The fraction of sp³-hybridized carbons (Fsp3) is 0.833. The molecule has 64 valence electrons. The predicted octanol–water partition coefficient (Wildman–Crippen LogP) is -0.584. The van der Waals surface area contributed by atoms with E-state index in [4.69, 9.17) is 15.2 Å². The molecule has 1 aliphatic rings. The van der Waals surface area contributed by atoms with Gasteiger partial charge in [0, 0.05) is 6.54 Å². The summed E-state index contributed by atoms with van der Waals surface area (Å²) < 4.78 is 9.88. The summed E-state index contributed by atoms with van der Waals surface area (Å²) >= 11 is 0. The molecule has 1 heterocycles. The van der Waals surface area contributed by atoms with Crippen LogP contribution in [-0.2, 0) is 9.47 Å². The van der Waals surface area contributed by atoms with E-state index in [1.54, 1.807) is 6.92 Å². The van der Waals surface area contributed by atoms with Gasteiger partial charge in [-0.2, -0.15) is 0 Å². The number of ether oxygens (including phenoxy) is 2. The van der Waals surface area contributed by atoms with Crippen molar-refractivity contribution in [2.75, 3.05) is 13.3 Å². The van der Waals surface area contributed by atoms with Crippen LogP contribution in [0.3, 0.4) is 0 Å². The van der Waals surface area contributed by atoms with Gasteiger partial charge in [-0.05, 0) is 6.92 Å². The van der Waals surface area contributed by atoms with Crippen LogP contribution in [-0.4, -0.2) is 31.6 Å². The summed E-state index contributed by atoms with van der Waals surface area (Å²) in [5, 5.41) is 2.97. The molecule has 5 nitrogen and oxygen atoms in total. The van der Waals surface area contributed by atoms with Gasteiger partial charge in [0.1, 0.15) is 12.2 Å². The summed E-state index contributed by atoms with van der Waals surface area (Å²) in [7, 11) is 0. The van der Waals surface area contributed by atoms with Gasteiger partial charge in [-0.1, -0.05) is 0 Å². The van der Waals surface area contributed by atoms with Crippen LogP contribution in [0.4, 0.5) is 4.79 Å². The molecule has 2 atom stereocenters. The summed E-state index contributed by atoms with van der Waals surface area (Å²) in [6.45, 7) is 2.97.